The summed E-state index contributed by atoms with van der Waals surface area (Å²) >= 11 is 0. The number of aromatic amines is 1. The highest BCUT2D eigenvalue weighted by atomic mass is 16.3. The lowest BCUT2D eigenvalue weighted by Crippen LogP contribution is -2.26. The molecule has 5 nitrogen and oxygen atoms in total. The van der Waals surface area contributed by atoms with E-state index in [1.807, 2.05) is 38.1 Å². The van der Waals surface area contributed by atoms with Gasteiger partial charge in [-0.25, -0.2) is 4.98 Å². The fourth-order valence-electron chi connectivity index (χ4n) is 2.90. The molecule has 1 aliphatic rings. The highest BCUT2D eigenvalue weighted by Gasteiger charge is 2.32. The minimum absolute atomic E-state index is 0.0359. The van der Waals surface area contributed by atoms with E-state index in [0.717, 1.165) is 16.9 Å². The summed E-state index contributed by atoms with van der Waals surface area (Å²) in [7, 11) is 0. The number of nitrogens with one attached hydrogen (secondary N) is 1. The summed E-state index contributed by atoms with van der Waals surface area (Å²) in [6.45, 7) is 4.49. The molecular weight excluding hydrogens is 290 g/mol. The summed E-state index contributed by atoms with van der Waals surface area (Å²) in [6.07, 6.45) is 3.14. The molecule has 23 heavy (non-hydrogen) atoms. The van der Waals surface area contributed by atoms with Crippen molar-refractivity contribution in [2.75, 3.05) is 6.54 Å². The van der Waals surface area contributed by atoms with Crippen LogP contribution in [0.25, 0.3) is 11.0 Å². The lowest BCUT2D eigenvalue weighted by atomic mass is 9.77. The van der Waals surface area contributed by atoms with Crippen molar-refractivity contribution in [3.8, 4) is 0 Å². The first-order valence-corrected chi connectivity index (χ1v) is 7.83. The van der Waals surface area contributed by atoms with Crippen molar-refractivity contribution < 1.29 is 9.90 Å². The molecule has 1 aliphatic carbocycles. The van der Waals surface area contributed by atoms with Gasteiger partial charge < -0.3 is 10.1 Å². The van der Waals surface area contributed by atoms with Gasteiger partial charge in [0.1, 0.15) is 11.6 Å². The maximum Gasteiger partial charge on any atom is 0.168 e. The molecule has 0 amide bonds. The molecule has 0 spiro atoms. The van der Waals surface area contributed by atoms with E-state index in [0.29, 0.717) is 31.4 Å². The second kappa shape index (κ2) is 5.99. The van der Waals surface area contributed by atoms with Crippen molar-refractivity contribution in [2.24, 2.45) is 10.4 Å². The van der Waals surface area contributed by atoms with Gasteiger partial charge >= 0.3 is 0 Å². The Labute approximate surface area is 135 Å². The van der Waals surface area contributed by atoms with Crippen LogP contribution in [-0.4, -0.2) is 33.6 Å². The van der Waals surface area contributed by atoms with Crippen molar-refractivity contribution in [2.45, 2.75) is 33.1 Å². The van der Waals surface area contributed by atoms with Crippen LogP contribution in [0.5, 0.6) is 0 Å². The third-order valence-electron chi connectivity index (χ3n) is 4.03. The third kappa shape index (κ3) is 3.50. The van der Waals surface area contributed by atoms with Crippen molar-refractivity contribution in [3.63, 3.8) is 0 Å². The Balaban J connectivity index is 1.64. The summed E-state index contributed by atoms with van der Waals surface area (Å²) in [5, 5.41) is 10.0. The van der Waals surface area contributed by atoms with E-state index in [2.05, 4.69) is 15.0 Å². The first-order valence-electron chi connectivity index (χ1n) is 7.83. The number of aliphatic imine (C=N–C) groups is 1. The predicted octanol–water partition coefficient (Wildman–Crippen LogP) is 3.38. The normalized spacial score (nSPS) is 18.3. The molecule has 5 heteroatoms. The topological polar surface area (TPSA) is 78.3 Å². The molecule has 0 unspecified atom stereocenters. The summed E-state index contributed by atoms with van der Waals surface area (Å²) in [5.41, 5.74) is 2.13. The van der Waals surface area contributed by atoms with Gasteiger partial charge in [0.15, 0.2) is 5.78 Å². The Kier molecular flexibility index (Phi) is 4.03. The number of H-pyrrole nitrogens is 1. The van der Waals surface area contributed by atoms with E-state index in [1.54, 1.807) is 0 Å². The molecule has 0 saturated heterocycles. The van der Waals surface area contributed by atoms with E-state index in [4.69, 9.17) is 0 Å². The number of aromatic nitrogens is 2. The van der Waals surface area contributed by atoms with Gasteiger partial charge in [0.05, 0.1) is 16.6 Å². The van der Waals surface area contributed by atoms with Crippen LogP contribution in [0.4, 0.5) is 0 Å². The van der Waals surface area contributed by atoms with Crippen molar-refractivity contribution in [3.05, 3.63) is 41.4 Å². The minimum atomic E-state index is -0.174. The Morgan fingerprint density at radius 2 is 2.13 bits per heavy atom. The van der Waals surface area contributed by atoms with Gasteiger partial charge in [0.25, 0.3) is 0 Å². The van der Waals surface area contributed by atoms with E-state index >= 15 is 0 Å². The Morgan fingerprint density at radius 3 is 2.87 bits per heavy atom. The van der Waals surface area contributed by atoms with Gasteiger partial charge in [0.2, 0.25) is 0 Å². The number of allylic oxidation sites excluding steroid dienone is 2. The molecule has 2 aromatic rings. The number of carbonyl (C=O) groups excluding carboxylic acids is 1. The lowest BCUT2D eigenvalue weighted by Gasteiger charge is -2.28. The molecule has 2 N–H and O–H groups in total. The average molecular weight is 311 g/mol. The van der Waals surface area contributed by atoms with E-state index in [1.165, 1.54) is 6.21 Å². The Hall–Kier alpha value is -2.43. The third-order valence-corrected chi connectivity index (χ3v) is 4.03. The standard InChI is InChI=1S/C18H21N3O2/c1-18(2)9-15(22)12(16(23)10-18)11-19-8-7-17-20-13-5-3-4-6-14(13)21-17/h3-6,11,22H,7-10H2,1-2H3,(H,20,21). The second-order valence-electron chi connectivity index (χ2n) is 6.79. The van der Waals surface area contributed by atoms with Crippen LogP contribution in [0.3, 0.4) is 0 Å². The van der Waals surface area contributed by atoms with Crippen LogP contribution in [0.2, 0.25) is 0 Å². The quantitative estimate of drug-likeness (QED) is 0.850. The molecule has 0 fully saturated rings. The highest BCUT2D eigenvalue weighted by Crippen LogP contribution is 2.35. The van der Waals surface area contributed by atoms with Gasteiger partial charge in [-0.1, -0.05) is 26.0 Å². The van der Waals surface area contributed by atoms with Crippen LogP contribution in [-0.2, 0) is 11.2 Å². The number of ketones is 1. The average Bonchev–Trinajstić information content (AvgIpc) is 2.87. The van der Waals surface area contributed by atoms with Crippen LogP contribution in [0, 0.1) is 5.41 Å². The molecule has 0 atom stereocenters. The SMILES string of the molecule is CC1(C)CC(=O)C(C=NCCc2nc3ccccc3[nH]2)=C(O)C1. The first kappa shape index (κ1) is 15.5. The Bertz CT molecular complexity index is 766. The molecule has 120 valence electrons. The van der Waals surface area contributed by atoms with E-state index in [-0.39, 0.29) is 17.0 Å². The van der Waals surface area contributed by atoms with Gasteiger partial charge in [-0.3, -0.25) is 9.79 Å². The number of fused-ring (bicyclic) bond motifs is 1. The maximum atomic E-state index is 12.1. The van der Waals surface area contributed by atoms with Crippen LogP contribution in [0.15, 0.2) is 40.6 Å². The van der Waals surface area contributed by atoms with Crippen molar-refractivity contribution in [1.29, 1.82) is 0 Å². The number of nitrogens with zero attached hydrogens (tertiary/aromatic N) is 2. The summed E-state index contributed by atoms with van der Waals surface area (Å²) in [6, 6.07) is 7.87. The van der Waals surface area contributed by atoms with Crippen LogP contribution in [0.1, 0.15) is 32.5 Å². The number of carbonyl (C=O) groups is 1. The molecule has 0 aliphatic heterocycles. The molecule has 1 heterocycles. The van der Waals surface area contributed by atoms with E-state index in [9.17, 15) is 9.90 Å². The number of rotatable bonds is 4. The molecule has 1 aromatic heterocycles. The van der Waals surface area contributed by atoms with Gasteiger partial charge in [-0.15, -0.1) is 0 Å². The zero-order chi connectivity index (χ0) is 16.4. The number of aliphatic hydroxyl groups is 1. The van der Waals surface area contributed by atoms with Crippen LogP contribution >= 0.6 is 0 Å². The van der Waals surface area contributed by atoms with Crippen molar-refractivity contribution >= 4 is 23.0 Å². The fraction of sp³-hybridized carbons (Fsp3) is 0.389. The number of aliphatic hydroxyl groups excluding tert-OH is 1. The Morgan fingerprint density at radius 1 is 1.35 bits per heavy atom. The zero-order valence-corrected chi connectivity index (χ0v) is 13.5. The molecule has 1 aromatic carbocycles. The van der Waals surface area contributed by atoms with Crippen molar-refractivity contribution in [1.82, 2.24) is 9.97 Å². The fourth-order valence-corrected chi connectivity index (χ4v) is 2.90. The summed E-state index contributed by atoms with van der Waals surface area (Å²) in [5.74, 6) is 0.989. The number of benzene rings is 1. The number of Topliss-reactive ketones (excluding diaryl/α,β-unsaturated/α-hetero) is 1. The maximum absolute atomic E-state index is 12.1. The smallest absolute Gasteiger partial charge is 0.168 e. The predicted molar refractivity (Wildman–Crippen MR) is 90.8 cm³/mol. The zero-order valence-electron chi connectivity index (χ0n) is 13.5. The monoisotopic (exact) mass is 311 g/mol. The molecule has 0 saturated carbocycles. The largest absolute Gasteiger partial charge is 0.511 e. The van der Waals surface area contributed by atoms with Gasteiger partial charge in [-0.2, -0.15) is 0 Å². The first-order chi connectivity index (χ1) is 10.9. The molecule has 0 radical (unpaired) electrons. The second-order valence-corrected chi connectivity index (χ2v) is 6.79. The number of hydrogen-bond acceptors (Lipinski definition) is 4. The van der Waals surface area contributed by atoms with Gasteiger partial charge in [0, 0.05) is 32.0 Å². The van der Waals surface area contributed by atoms with E-state index < -0.39 is 0 Å². The number of imidazole rings is 1. The molecule has 3 rings (SSSR count). The van der Waals surface area contributed by atoms with Gasteiger partial charge in [-0.05, 0) is 17.5 Å². The van der Waals surface area contributed by atoms with Crippen LogP contribution < -0.4 is 0 Å². The number of para-hydroxylation sites is 2. The molecular formula is C18H21N3O2. The minimum Gasteiger partial charge on any atom is -0.511 e. The number of hydrogen-bond donors (Lipinski definition) is 2. The molecule has 0 bridgehead atoms. The lowest BCUT2D eigenvalue weighted by molar-refractivity contribution is -0.117. The summed E-state index contributed by atoms with van der Waals surface area (Å²) < 4.78 is 0. The summed E-state index contributed by atoms with van der Waals surface area (Å²) in [4.78, 5) is 24.1. The highest BCUT2D eigenvalue weighted by molar-refractivity contribution is 6.14.